The summed E-state index contributed by atoms with van der Waals surface area (Å²) in [5.41, 5.74) is 10.2. The van der Waals surface area contributed by atoms with Crippen LogP contribution in [0.25, 0.3) is 0 Å². The fraction of sp³-hybridized carbons (Fsp3) is 1.00. The van der Waals surface area contributed by atoms with Crippen LogP contribution in [0, 0.1) is 0 Å². The van der Waals surface area contributed by atoms with Gasteiger partial charge in [-0.05, 0) is 6.92 Å². The van der Waals surface area contributed by atoms with Gasteiger partial charge in [-0.1, -0.05) is 0 Å². The smallest absolute Gasteiger partial charge is 0.329 e. The molecule has 0 fully saturated rings. The minimum Gasteiger partial charge on any atom is -0.329 e. The lowest BCUT2D eigenvalue weighted by atomic mass is 10.4. The van der Waals surface area contributed by atoms with Crippen molar-refractivity contribution in [2.24, 2.45) is 11.5 Å². The second-order valence-electron chi connectivity index (χ2n) is 1.73. The summed E-state index contributed by atoms with van der Waals surface area (Å²) in [4.78, 5) is 21.6. The SMILES string of the molecule is CC(N)CN.O=P(O)(O)O. The van der Waals surface area contributed by atoms with Gasteiger partial charge in [0.25, 0.3) is 0 Å². The Morgan fingerprint density at radius 2 is 1.60 bits per heavy atom. The zero-order chi connectivity index (χ0) is 8.78. The molecule has 0 rings (SSSR count). The summed E-state index contributed by atoms with van der Waals surface area (Å²) in [6.07, 6.45) is 0. The Hall–Kier alpha value is 0.0300. The van der Waals surface area contributed by atoms with Crippen molar-refractivity contribution in [3.05, 3.63) is 0 Å². The second kappa shape index (κ2) is 5.79. The van der Waals surface area contributed by atoms with Gasteiger partial charge in [-0.2, -0.15) is 0 Å². The summed E-state index contributed by atoms with van der Waals surface area (Å²) in [6, 6.07) is 0.162. The lowest BCUT2D eigenvalue weighted by molar-refractivity contribution is 0.275. The van der Waals surface area contributed by atoms with E-state index in [2.05, 4.69) is 0 Å². The van der Waals surface area contributed by atoms with Gasteiger partial charge in [0.2, 0.25) is 0 Å². The minimum atomic E-state index is -4.64. The Morgan fingerprint density at radius 1 is 1.50 bits per heavy atom. The first kappa shape index (κ1) is 12.7. The largest absolute Gasteiger partial charge is 0.466 e. The number of rotatable bonds is 1. The average molecular weight is 172 g/mol. The summed E-state index contributed by atoms with van der Waals surface area (Å²) < 4.78 is 8.88. The molecule has 0 heterocycles. The van der Waals surface area contributed by atoms with Crippen molar-refractivity contribution < 1.29 is 19.2 Å². The van der Waals surface area contributed by atoms with Crippen LogP contribution in [0.2, 0.25) is 0 Å². The van der Waals surface area contributed by atoms with Crippen LogP contribution < -0.4 is 11.5 Å². The first-order chi connectivity index (χ1) is 4.27. The van der Waals surface area contributed by atoms with Gasteiger partial charge in [0.1, 0.15) is 0 Å². The number of hydrogen-bond acceptors (Lipinski definition) is 3. The van der Waals surface area contributed by atoms with Crippen molar-refractivity contribution in [2.75, 3.05) is 6.54 Å². The molecule has 6 nitrogen and oxygen atoms in total. The standard InChI is InChI=1S/C3H10N2.H3O4P/c1-3(5)2-4;1-5(2,3)4/h3H,2,4-5H2,1H3;(H3,1,2,3,4). The van der Waals surface area contributed by atoms with Gasteiger partial charge in [-0.15, -0.1) is 0 Å². The van der Waals surface area contributed by atoms with Crippen LogP contribution in [0.3, 0.4) is 0 Å². The second-order valence-corrected chi connectivity index (χ2v) is 2.75. The molecule has 0 aliphatic heterocycles. The molecule has 10 heavy (non-hydrogen) atoms. The van der Waals surface area contributed by atoms with Gasteiger partial charge < -0.3 is 26.1 Å². The highest BCUT2D eigenvalue weighted by molar-refractivity contribution is 7.45. The third-order valence-electron chi connectivity index (χ3n) is 0.372. The summed E-state index contributed by atoms with van der Waals surface area (Å²) in [5.74, 6) is 0. The molecule has 0 bridgehead atoms. The van der Waals surface area contributed by atoms with E-state index in [1.54, 1.807) is 0 Å². The maximum absolute atomic E-state index is 8.88. The lowest BCUT2D eigenvalue weighted by Crippen LogP contribution is -2.25. The minimum absolute atomic E-state index is 0.162. The number of nitrogens with two attached hydrogens (primary N) is 2. The van der Waals surface area contributed by atoms with Gasteiger partial charge >= 0.3 is 7.82 Å². The Kier molecular flexibility index (Phi) is 7.34. The van der Waals surface area contributed by atoms with Gasteiger partial charge in [-0.25, -0.2) is 4.57 Å². The van der Waals surface area contributed by atoms with Crippen molar-refractivity contribution in [3.63, 3.8) is 0 Å². The van der Waals surface area contributed by atoms with Gasteiger partial charge in [0.15, 0.2) is 0 Å². The molecule has 0 spiro atoms. The molecular weight excluding hydrogens is 159 g/mol. The van der Waals surface area contributed by atoms with Gasteiger partial charge in [0, 0.05) is 12.6 Å². The van der Waals surface area contributed by atoms with E-state index in [0.717, 1.165) is 0 Å². The van der Waals surface area contributed by atoms with Crippen LogP contribution in [0.1, 0.15) is 6.92 Å². The molecule has 0 saturated carbocycles. The quantitative estimate of drug-likeness (QED) is 0.302. The van der Waals surface area contributed by atoms with Crippen molar-refractivity contribution in [1.29, 1.82) is 0 Å². The number of hydrogen-bond donors (Lipinski definition) is 5. The average Bonchev–Trinajstić information content (AvgIpc) is 1.61. The summed E-state index contributed by atoms with van der Waals surface area (Å²) >= 11 is 0. The summed E-state index contributed by atoms with van der Waals surface area (Å²) in [7, 11) is -4.64. The zero-order valence-electron chi connectivity index (χ0n) is 5.64. The van der Waals surface area contributed by atoms with E-state index in [1.165, 1.54) is 0 Å². The van der Waals surface area contributed by atoms with E-state index < -0.39 is 7.82 Å². The van der Waals surface area contributed by atoms with Gasteiger partial charge in [0.05, 0.1) is 0 Å². The Labute approximate surface area is 59.1 Å². The van der Waals surface area contributed by atoms with Crippen molar-refractivity contribution in [3.8, 4) is 0 Å². The van der Waals surface area contributed by atoms with E-state index >= 15 is 0 Å². The highest BCUT2D eigenvalue weighted by atomic mass is 31.2. The molecule has 1 atom stereocenters. The highest BCUT2D eigenvalue weighted by Gasteiger charge is 2.00. The molecule has 0 aliphatic carbocycles. The fourth-order valence-electron chi connectivity index (χ4n) is 0. The number of phosphoric acid groups is 1. The molecule has 64 valence electrons. The summed E-state index contributed by atoms with van der Waals surface area (Å²) in [5, 5.41) is 0. The Balaban J connectivity index is 0. The van der Waals surface area contributed by atoms with E-state index in [-0.39, 0.29) is 6.04 Å². The Morgan fingerprint density at radius 3 is 1.60 bits per heavy atom. The Bertz CT molecular complexity index is 103. The van der Waals surface area contributed by atoms with Crippen LogP contribution in [0.15, 0.2) is 0 Å². The fourth-order valence-corrected chi connectivity index (χ4v) is 0. The first-order valence-corrected chi connectivity index (χ1v) is 4.07. The van der Waals surface area contributed by atoms with Crippen LogP contribution in [0.5, 0.6) is 0 Å². The summed E-state index contributed by atoms with van der Waals surface area (Å²) in [6.45, 7) is 2.46. The molecule has 7 heteroatoms. The maximum Gasteiger partial charge on any atom is 0.466 e. The highest BCUT2D eigenvalue weighted by Crippen LogP contribution is 2.25. The molecule has 0 aromatic heterocycles. The van der Waals surface area contributed by atoms with Gasteiger partial charge in [-0.3, -0.25) is 0 Å². The molecule has 0 aromatic carbocycles. The molecule has 0 aliphatic rings. The maximum atomic E-state index is 8.88. The third kappa shape index (κ3) is 96.3. The van der Waals surface area contributed by atoms with Crippen LogP contribution in [-0.2, 0) is 4.57 Å². The van der Waals surface area contributed by atoms with Crippen LogP contribution in [0.4, 0.5) is 0 Å². The van der Waals surface area contributed by atoms with Crippen LogP contribution in [-0.4, -0.2) is 27.3 Å². The molecular formula is C3H13N2O4P. The molecule has 1 unspecified atom stereocenters. The molecule has 0 saturated heterocycles. The topological polar surface area (TPSA) is 130 Å². The van der Waals surface area contributed by atoms with E-state index in [4.69, 9.17) is 30.7 Å². The zero-order valence-corrected chi connectivity index (χ0v) is 6.53. The molecule has 0 aromatic rings. The van der Waals surface area contributed by atoms with Crippen LogP contribution >= 0.6 is 7.82 Å². The first-order valence-electron chi connectivity index (χ1n) is 2.51. The van der Waals surface area contributed by atoms with E-state index in [1.807, 2.05) is 6.92 Å². The predicted molar refractivity (Wildman–Crippen MR) is 37.0 cm³/mol. The molecule has 7 N–H and O–H groups in total. The monoisotopic (exact) mass is 172 g/mol. The molecule has 0 radical (unpaired) electrons. The van der Waals surface area contributed by atoms with Crippen molar-refractivity contribution in [2.45, 2.75) is 13.0 Å². The lowest BCUT2D eigenvalue weighted by Gasteiger charge is -1.92. The molecule has 0 amide bonds. The predicted octanol–water partition coefficient (Wildman–Crippen LogP) is -1.64. The van der Waals surface area contributed by atoms with Crippen molar-refractivity contribution in [1.82, 2.24) is 0 Å². The van der Waals surface area contributed by atoms with E-state index in [0.29, 0.717) is 6.54 Å². The van der Waals surface area contributed by atoms with E-state index in [9.17, 15) is 0 Å². The normalized spacial score (nSPS) is 13.4. The third-order valence-corrected chi connectivity index (χ3v) is 0.372. The van der Waals surface area contributed by atoms with Crippen molar-refractivity contribution >= 4 is 7.82 Å².